The van der Waals surface area contributed by atoms with Gasteiger partial charge in [0.25, 0.3) is 0 Å². The minimum absolute atomic E-state index is 0.0365. The van der Waals surface area contributed by atoms with E-state index in [0.717, 1.165) is 16.9 Å². The van der Waals surface area contributed by atoms with Crippen LogP contribution in [0.3, 0.4) is 0 Å². The van der Waals surface area contributed by atoms with E-state index in [9.17, 15) is 0 Å². The maximum atomic E-state index is 9.15. The van der Waals surface area contributed by atoms with E-state index in [0.29, 0.717) is 13.0 Å². The van der Waals surface area contributed by atoms with E-state index in [1.54, 1.807) is 7.11 Å². The molecule has 0 saturated heterocycles. The van der Waals surface area contributed by atoms with Gasteiger partial charge >= 0.3 is 0 Å². The highest BCUT2D eigenvalue weighted by atomic mass is 16.5. The van der Waals surface area contributed by atoms with Crippen LogP contribution in [-0.4, -0.2) is 36.6 Å². The summed E-state index contributed by atoms with van der Waals surface area (Å²) in [4.78, 5) is 0. The van der Waals surface area contributed by atoms with E-state index in [1.807, 2.05) is 19.9 Å². The van der Waals surface area contributed by atoms with Crippen molar-refractivity contribution in [1.82, 2.24) is 5.32 Å². The van der Waals surface area contributed by atoms with Crippen LogP contribution in [0, 0.1) is 13.8 Å². The number of aryl methyl sites for hydroxylation is 2. The van der Waals surface area contributed by atoms with Gasteiger partial charge in [-0.3, -0.25) is 0 Å². The Kier molecular flexibility index (Phi) is 6.12. The Balaban J connectivity index is 2.70. The lowest BCUT2D eigenvalue weighted by molar-refractivity contribution is 0.199. The molecule has 0 aliphatic heterocycles. The van der Waals surface area contributed by atoms with E-state index in [-0.39, 0.29) is 19.3 Å². The summed E-state index contributed by atoms with van der Waals surface area (Å²) < 4.78 is 5.27. The molecule has 1 unspecified atom stereocenters. The van der Waals surface area contributed by atoms with Gasteiger partial charge in [0.15, 0.2) is 0 Å². The molecule has 0 bridgehead atoms. The van der Waals surface area contributed by atoms with Crippen molar-refractivity contribution in [2.24, 2.45) is 0 Å². The lowest BCUT2D eigenvalue weighted by atomic mass is 10.0. The molecule has 0 spiro atoms. The van der Waals surface area contributed by atoms with Crippen molar-refractivity contribution in [3.63, 3.8) is 0 Å². The van der Waals surface area contributed by atoms with Gasteiger partial charge in [-0.15, -0.1) is 0 Å². The SMILES string of the molecule is COc1cc(C)c(CNC(CO)CCO)cc1C. The first-order valence-corrected chi connectivity index (χ1v) is 6.21. The second kappa shape index (κ2) is 7.36. The molecule has 1 rings (SSSR count). The third-order valence-electron chi connectivity index (χ3n) is 3.13. The van der Waals surface area contributed by atoms with Gasteiger partial charge in [0.05, 0.1) is 13.7 Å². The molecule has 1 aromatic rings. The molecule has 18 heavy (non-hydrogen) atoms. The van der Waals surface area contributed by atoms with E-state index in [2.05, 4.69) is 11.4 Å². The summed E-state index contributed by atoms with van der Waals surface area (Å²) in [5, 5.41) is 21.3. The van der Waals surface area contributed by atoms with Crippen molar-refractivity contribution in [2.75, 3.05) is 20.3 Å². The van der Waals surface area contributed by atoms with Crippen LogP contribution in [0.2, 0.25) is 0 Å². The van der Waals surface area contributed by atoms with Gasteiger partial charge in [0.1, 0.15) is 5.75 Å². The molecule has 4 nitrogen and oxygen atoms in total. The molecule has 3 N–H and O–H groups in total. The van der Waals surface area contributed by atoms with Crippen molar-refractivity contribution in [3.05, 3.63) is 28.8 Å². The summed E-state index contributed by atoms with van der Waals surface area (Å²) in [5.41, 5.74) is 3.44. The van der Waals surface area contributed by atoms with Crippen LogP contribution in [0.4, 0.5) is 0 Å². The van der Waals surface area contributed by atoms with E-state index in [1.165, 1.54) is 5.56 Å². The van der Waals surface area contributed by atoms with Crippen molar-refractivity contribution >= 4 is 0 Å². The Labute approximate surface area is 109 Å². The predicted molar refractivity (Wildman–Crippen MR) is 71.9 cm³/mol. The summed E-state index contributed by atoms with van der Waals surface area (Å²) >= 11 is 0. The maximum absolute atomic E-state index is 9.15. The summed E-state index contributed by atoms with van der Waals surface area (Å²) in [5.74, 6) is 0.894. The molecular formula is C14H23NO3. The van der Waals surface area contributed by atoms with Crippen molar-refractivity contribution in [1.29, 1.82) is 0 Å². The first-order chi connectivity index (χ1) is 8.62. The van der Waals surface area contributed by atoms with Gasteiger partial charge < -0.3 is 20.3 Å². The summed E-state index contributed by atoms with van der Waals surface area (Å²) in [6.45, 7) is 4.85. The van der Waals surface area contributed by atoms with Crippen molar-refractivity contribution < 1.29 is 14.9 Å². The van der Waals surface area contributed by atoms with E-state index in [4.69, 9.17) is 14.9 Å². The lowest BCUT2D eigenvalue weighted by Gasteiger charge is -2.17. The molecule has 102 valence electrons. The van der Waals surface area contributed by atoms with Crippen LogP contribution in [0.5, 0.6) is 5.75 Å². The number of aliphatic hydroxyl groups is 2. The highest BCUT2D eigenvalue weighted by Crippen LogP contribution is 2.22. The molecule has 0 aromatic heterocycles. The van der Waals surface area contributed by atoms with Crippen LogP contribution in [-0.2, 0) is 6.54 Å². The second-order valence-corrected chi connectivity index (χ2v) is 4.52. The molecule has 0 aliphatic carbocycles. The third-order valence-corrected chi connectivity index (χ3v) is 3.13. The van der Waals surface area contributed by atoms with Crippen molar-refractivity contribution in [2.45, 2.75) is 32.9 Å². The number of aliphatic hydroxyl groups excluding tert-OH is 2. The number of hydrogen-bond acceptors (Lipinski definition) is 4. The minimum atomic E-state index is -0.0585. The quantitative estimate of drug-likeness (QED) is 0.682. The Hall–Kier alpha value is -1.10. The summed E-state index contributed by atoms with van der Waals surface area (Å²) in [7, 11) is 1.67. The van der Waals surface area contributed by atoms with Gasteiger partial charge in [-0.25, -0.2) is 0 Å². The van der Waals surface area contributed by atoms with Crippen molar-refractivity contribution in [3.8, 4) is 5.75 Å². The predicted octanol–water partition coefficient (Wildman–Crippen LogP) is 1.14. The van der Waals surface area contributed by atoms with Crippen LogP contribution in [0.15, 0.2) is 12.1 Å². The Morgan fingerprint density at radius 2 is 1.94 bits per heavy atom. The Morgan fingerprint density at radius 3 is 2.50 bits per heavy atom. The zero-order valence-electron chi connectivity index (χ0n) is 11.4. The maximum Gasteiger partial charge on any atom is 0.122 e. The number of hydrogen-bond donors (Lipinski definition) is 3. The average Bonchev–Trinajstić information content (AvgIpc) is 2.37. The van der Waals surface area contributed by atoms with E-state index >= 15 is 0 Å². The molecule has 1 atom stereocenters. The number of nitrogens with one attached hydrogen (secondary N) is 1. The standard InChI is InChI=1S/C14H23NO3/c1-10-7-14(18-3)11(2)6-12(10)8-15-13(9-17)4-5-16/h6-7,13,15-17H,4-5,8-9H2,1-3H3. The number of ether oxygens (including phenoxy) is 1. The third kappa shape index (κ3) is 3.98. The van der Waals surface area contributed by atoms with Gasteiger partial charge in [0, 0.05) is 19.2 Å². The number of methoxy groups -OCH3 is 1. The second-order valence-electron chi connectivity index (χ2n) is 4.52. The lowest BCUT2D eigenvalue weighted by Crippen LogP contribution is -2.33. The van der Waals surface area contributed by atoms with E-state index < -0.39 is 0 Å². The molecule has 1 aromatic carbocycles. The van der Waals surface area contributed by atoms with Gasteiger partial charge in [-0.05, 0) is 43.0 Å². The normalized spacial score (nSPS) is 12.5. The summed E-state index contributed by atoms with van der Waals surface area (Å²) in [6.07, 6.45) is 0.560. The Bertz CT molecular complexity index is 380. The van der Waals surface area contributed by atoms with Gasteiger partial charge in [-0.1, -0.05) is 6.07 Å². The number of rotatable bonds is 7. The number of benzene rings is 1. The minimum Gasteiger partial charge on any atom is -0.496 e. The average molecular weight is 253 g/mol. The van der Waals surface area contributed by atoms with Gasteiger partial charge in [-0.2, -0.15) is 0 Å². The molecule has 0 radical (unpaired) electrons. The monoisotopic (exact) mass is 253 g/mol. The molecule has 0 fully saturated rings. The summed E-state index contributed by atoms with van der Waals surface area (Å²) in [6, 6.07) is 4.05. The van der Waals surface area contributed by atoms with Gasteiger partial charge in [0.2, 0.25) is 0 Å². The first-order valence-electron chi connectivity index (χ1n) is 6.21. The molecule has 0 saturated carbocycles. The molecule has 0 amide bonds. The Morgan fingerprint density at radius 1 is 1.22 bits per heavy atom. The smallest absolute Gasteiger partial charge is 0.122 e. The van der Waals surface area contributed by atoms with Crippen LogP contribution >= 0.6 is 0 Å². The first kappa shape index (κ1) is 15.0. The molecule has 4 heteroatoms. The molecule has 0 heterocycles. The fourth-order valence-electron chi connectivity index (χ4n) is 1.93. The van der Waals surface area contributed by atoms with Crippen LogP contribution in [0.1, 0.15) is 23.1 Å². The molecular weight excluding hydrogens is 230 g/mol. The zero-order valence-corrected chi connectivity index (χ0v) is 11.4. The highest BCUT2D eigenvalue weighted by molar-refractivity contribution is 5.41. The fraction of sp³-hybridized carbons (Fsp3) is 0.571. The zero-order chi connectivity index (χ0) is 13.5. The van der Waals surface area contributed by atoms with Crippen LogP contribution < -0.4 is 10.1 Å². The highest BCUT2D eigenvalue weighted by Gasteiger charge is 2.08. The molecule has 0 aliphatic rings. The largest absolute Gasteiger partial charge is 0.496 e. The topological polar surface area (TPSA) is 61.7 Å². The fourth-order valence-corrected chi connectivity index (χ4v) is 1.93. The van der Waals surface area contributed by atoms with Crippen LogP contribution in [0.25, 0.3) is 0 Å².